The van der Waals surface area contributed by atoms with E-state index in [0.29, 0.717) is 19.5 Å². The Morgan fingerprint density at radius 1 is 1.21 bits per heavy atom. The van der Waals surface area contributed by atoms with E-state index in [2.05, 4.69) is 5.32 Å². The molecule has 0 aliphatic carbocycles. The van der Waals surface area contributed by atoms with Crippen LogP contribution in [0.15, 0.2) is 18.2 Å². The molecule has 2 atom stereocenters. The lowest BCUT2D eigenvalue weighted by atomic mass is 10.1. The summed E-state index contributed by atoms with van der Waals surface area (Å²) >= 11 is 0. The third-order valence-corrected chi connectivity index (χ3v) is 2.95. The standard InChI is InChI=1S/C15H25NO3/c1-11-5-4-6-12(2)15(11)19-10-14(18)9-16-8-7-13(3)17/h4-6,13-14,16-18H,7-10H2,1-3H3. The van der Waals surface area contributed by atoms with Crippen LogP contribution in [0.1, 0.15) is 24.5 Å². The maximum Gasteiger partial charge on any atom is 0.125 e. The number of para-hydroxylation sites is 1. The van der Waals surface area contributed by atoms with Gasteiger partial charge in [0, 0.05) is 6.54 Å². The lowest BCUT2D eigenvalue weighted by Gasteiger charge is -2.16. The number of aryl methyl sites for hydroxylation is 2. The van der Waals surface area contributed by atoms with E-state index in [1.54, 1.807) is 6.92 Å². The SMILES string of the molecule is Cc1cccc(C)c1OCC(O)CNCCC(C)O. The van der Waals surface area contributed by atoms with E-state index in [4.69, 9.17) is 9.84 Å². The molecule has 0 radical (unpaired) electrons. The van der Waals surface area contributed by atoms with Gasteiger partial charge in [0.1, 0.15) is 18.5 Å². The first kappa shape index (κ1) is 16.0. The number of hydrogen-bond acceptors (Lipinski definition) is 4. The molecule has 2 unspecified atom stereocenters. The zero-order chi connectivity index (χ0) is 14.3. The van der Waals surface area contributed by atoms with Gasteiger partial charge in [0.15, 0.2) is 0 Å². The van der Waals surface area contributed by atoms with Crippen LogP contribution in [0, 0.1) is 13.8 Å². The summed E-state index contributed by atoms with van der Waals surface area (Å²) in [7, 11) is 0. The third-order valence-electron chi connectivity index (χ3n) is 2.95. The fourth-order valence-corrected chi connectivity index (χ4v) is 1.84. The van der Waals surface area contributed by atoms with Crippen molar-refractivity contribution in [1.29, 1.82) is 0 Å². The second-order valence-electron chi connectivity index (χ2n) is 5.03. The van der Waals surface area contributed by atoms with E-state index in [0.717, 1.165) is 16.9 Å². The molecular weight excluding hydrogens is 242 g/mol. The van der Waals surface area contributed by atoms with Crippen molar-refractivity contribution in [3.63, 3.8) is 0 Å². The van der Waals surface area contributed by atoms with Gasteiger partial charge in [-0.1, -0.05) is 18.2 Å². The molecule has 1 rings (SSSR count). The first-order chi connectivity index (χ1) is 9.00. The van der Waals surface area contributed by atoms with Gasteiger partial charge in [0.05, 0.1) is 6.10 Å². The van der Waals surface area contributed by atoms with E-state index in [-0.39, 0.29) is 12.7 Å². The Hall–Kier alpha value is -1.10. The van der Waals surface area contributed by atoms with E-state index in [1.807, 2.05) is 32.0 Å². The smallest absolute Gasteiger partial charge is 0.125 e. The fraction of sp³-hybridized carbons (Fsp3) is 0.600. The van der Waals surface area contributed by atoms with Gasteiger partial charge in [-0.15, -0.1) is 0 Å². The highest BCUT2D eigenvalue weighted by Gasteiger charge is 2.08. The summed E-state index contributed by atoms with van der Waals surface area (Å²) < 4.78 is 5.67. The number of ether oxygens (including phenoxy) is 1. The lowest BCUT2D eigenvalue weighted by molar-refractivity contribution is 0.104. The first-order valence-corrected chi connectivity index (χ1v) is 6.76. The Balaban J connectivity index is 2.28. The number of rotatable bonds is 8. The normalized spacial score (nSPS) is 14.2. The Morgan fingerprint density at radius 2 is 1.84 bits per heavy atom. The van der Waals surface area contributed by atoms with Crippen LogP contribution < -0.4 is 10.1 Å². The molecule has 3 N–H and O–H groups in total. The van der Waals surface area contributed by atoms with Crippen LogP contribution in [-0.2, 0) is 0 Å². The Bertz CT molecular complexity index is 359. The van der Waals surface area contributed by atoms with Crippen molar-refractivity contribution < 1.29 is 14.9 Å². The van der Waals surface area contributed by atoms with Gasteiger partial charge in [-0.2, -0.15) is 0 Å². The highest BCUT2D eigenvalue weighted by Crippen LogP contribution is 2.22. The summed E-state index contributed by atoms with van der Waals surface area (Å²) in [5.41, 5.74) is 2.16. The molecule has 0 spiro atoms. The molecular formula is C15H25NO3. The van der Waals surface area contributed by atoms with Crippen molar-refractivity contribution in [3.05, 3.63) is 29.3 Å². The monoisotopic (exact) mass is 267 g/mol. The topological polar surface area (TPSA) is 61.7 Å². The minimum atomic E-state index is -0.548. The van der Waals surface area contributed by atoms with Gasteiger partial charge in [0.2, 0.25) is 0 Å². The van der Waals surface area contributed by atoms with Gasteiger partial charge < -0.3 is 20.3 Å². The zero-order valence-corrected chi connectivity index (χ0v) is 12.0. The highest BCUT2D eigenvalue weighted by molar-refractivity contribution is 5.39. The molecule has 0 saturated carbocycles. The lowest BCUT2D eigenvalue weighted by Crippen LogP contribution is -2.33. The molecule has 0 saturated heterocycles. The quantitative estimate of drug-likeness (QED) is 0.623. The molecule has 1 aromatic carbocycles. The summed E-state index contributed by atoms with van der Waals surface area (Å²) in [4.78, 5) is 0. The van der Waals surface area contributed by atoms with E-state index in [9.17, 15) is 5.11 Å². The van der Waals surface area contributed by atoms with Crippen LogP contribution in [0.25, 0.3) is 0 Å². The van der Waals surface area contributed by atoms with Crippen LogP contribution >= 0.6 is 0 Å². The molecule has 0 fully saturated rings. The predicted octanol–water partition coefficient (Wildman–Crippen LogP) is 1.40. The van der Waals surface area contributed by atoms with Crippen molar-refractivity contribution in [2.45, 2.75) is 39.4 Å². The van der Waals surface area contributed by atoms with Crippen molar-refractivity contribution in [3.8, 4) is 5.75 Å². The molecule has 4 heteroatoms. The van der Waals surface area contributed by atoms with Gasteiger partial charge in [-0.25, -0.2) is 0 Å². The Labute approximate surface area is 115 Å². The number of aliphatic hydroxyl groups excluding tert-OH is 2. The van der Waals surface area contributed by atoms with Gasteiger partial charge in [0.25, 0.3) is 0 Å². The summed E-state index contributed by atoms with van der Waals surface area (Å²) in [5, 5.41) is 22.0. The largest absolute Gasteiger partial charge is 0.490 e. The molecule has 4 nitrogen and oxygen atoms in total. The molecule has 19 heavy (non-hydrogen) atoms. The zero-order valence-electron chi connectivity index (χ0n) is 12.0. The van der Waals surface area contributed by atoms with Crippen molar-refractivity contribution >= 4 is 0 Å². The average Bonchev–Trinajstić information content (AvgIpc) is 2.34. The highest BCUT2D eigenvalue weighted by atomic mass is 16.5. The van der Waals surface area contributed by atoms with Crippen molar-refractivity contribution in [2.24, 2.45) is 0 Å². The van der Waals surface area contributed by atoms with Crippen LogP contribution in [0.3, 0.4) is 0 Å². The number of benzene rings is 1. The van der Waals surface area contributed by atoms with Gasteiger partial charge >= 0.3 is 0 Å². The molecule has 0 bridgehead atoms. The van der Waals surface area contributed by atoms with Crippen molar-refractivity contribution in [2.75, 3.05) is 19.7 Å². The number of nitrogens with one attached hydrogen (secondary N) is 1. The van der Waals surface area contributed by atoms with Crippen LogP contribution in [0.2, 0.25) is 0 Å². The molecule has 108 valence electrons. The Kier molecular flexibility index (Phi) is 6.84. The van der Waals surface area contributed by atoms with E-state index in [1.165, 1.54) is 0 Å². The maximum atomic E-state index is 9.81. The molecule has 0 heterocycles. The van der Waals surface area contributed by atoms with Crippen LogP contribution in [0.5, 0.6) is 5.75 Å². The van der Waals surface area contributed by atoms with Crippen molar-refractivity contribution in [1.82, 2.24) is 5.32 Å². The van der Waals surface area contributed by atoms with Crippen LogP contribution in [0.4, 0.5) is 0 Å². The van der Waals surface area contributed by atoms with E-state index < -0.39 is 6.10 Å². The summed E-state index contributed by atoms with van der Waals surface area (Å²) in [5.74, 6) is 0.852. The van der Waals surface area contributed by atoms with E-state index >= 15 is 0 Å². The minimum absolute atomic E-state index is 0.271. The average molecular weight is 267 g/mol. The van der Waals surface area contributed by atoms with Crippen LogP contribution in [-0.4, -0.2) is 42.1 Å². The minimum Gasteiger partial charge on any atom is -0.490 e. The van der Waals surface area contributed by atoms with Gasteiger partial charge in [-0.05, 0) is 44.9 Å². The molecule has 0 aliphatic heterocycles. The second-order valence-corrected chi connectivity index (χ2v) is 5.03. The number of aliphatic hydroxyl groups is 2. The summed E-state index contributed by atoms with van der Waals surface area (Å²) in [6.07, 6.45) is -0.173. The fourth-order valence-electron chi connectivity index (χ4n) is 1.84. The second kappa shape index (κ2) is 8.15. The molecule has 1 aromatic rings. The first-order valence-electron chi connectivity index (χ1n) is 6.76. The molecule has 0 amide bonds. The summed E-state index contributed by atoms with van der Waals surface area (Å²) in [6.45, 7) is 7.18. The Morgan fingerprint density at radius 3 is 2.42 bits per heavy atom. The maximum absolute atomic E-state index is 9.81. The summed E-state index contributed by atoms with van der Waals surface area (Å²) in [6, 6.07) is 5.98. The molecule has 0 aliphatic rings. The number of hydrogen-bond donors (Lipinski definition) is 3. The molecule has 0 aromatic heterocycles. The predicted molar refractivity (Wildman–Crippen MR) is 76.6 cm³/mol. The third kappa shape index (κ3) is 6.05. The van der Waals surface area contributed by atoms with Gasteiger partial charge in [-0.3, -0.25) is 0 Å².